The average Bonchev–Trinajstić information content (AvgIpc) is 3.51. The number of benzene rings is 1. The van der Waals surface area contributed by atoms with Crippen LogP contribution in [0.4, 0.5) is 10.6 Å². The van der Waals surface area contributed by atoms with Crippen LogP contribution in [0.2, 0.25) is 0 Å². The normalized spacial score (nSPS) is 22.1. The van der Waals surface area contributed by atoms with Crippen molar-refractivity contribution in [2.75, 3.05) is 50.8 Å². The minimum atomic E-state index is -0.806. The first kappa shape index (κ1) is 28.3. The molecule has 0 radical (unpaired) electrons. The van der Waals surface area contributed by atoms with E-state index in [2.05, 4.69) is 10.3 Å². The number of anilines is 1. The Kier molecular flexibility index (Phi) is 8.36. The monoisotopic (exact) mass is 564 g/mol. The molecule has 5 rings (SSSR count). The Morgan fingerprint density at radius 2 is 1.68 bits per heavy atom. The number of amides is 3. The summed E-state index contributed by atoms with van der Waals surface area (Å²) in [6.45, 7) is 6.60. The maximum atomic E-state index is 13.3. The van der Waals surface area contributed by atoms with Gasteiger partial charge in [0.25, 0.3) is 5.91 Å². The van der Waals surface area contributed by atoms with E-state index >= 15 is 0 Å². The predicted molar refractivity (Wildman–Crippen MR) is 149 cm³/mol. The average molecular weight is 565 g/mol. The number of ether oxygens (including phenoxy) is 1. The predicted octanol–water partition coefficient (Wildman–Crippen LogP) is 2.11. The lowest BCUT2D eigenvalue weighted by Crippen LogP contribution is -2.55. The lowest BCUT2D eigenvalue weighted by molar-refractivity contribution is -0.139. The first-order chi connectivity index (χ1) is 19.8. The van der Waals surface area contributed by atoms with Gasteiger partial charge < -0.3 is 29.9 Å². The molecule has 12 heteroatoms. The number of hydrogen-bond acceptors (Lipinski definition) is 8. The van der Waals surface area contributed by atoms with Gasteiger partial charge in [0, 0.05) is 50.9 Å². The third kappa shape index (κ3) is 6.26. The molecule has 1 saturated carbocycles. The van der Waals surface area contributed by atoms with Gasteiger partial charge in [0.05, 0.1) is 12.5 Å². The Morgan fingerprint density at radius 1 is 1.02 bits per heavy atom. The molecule has 2 saturated heterocycles. The van der Waals surface area contributed by atoms with Crippen molar-refractivity contribution in [3.8, 4) is 11.4 Å². The van der Waals surface area contributed by atoms with Crippen LogP contribution in [0.3, 0.4) is 0 Å². The smallest absolute Gasteiger partial charge is 0.409 e. The molecule has 3 fully saturated rings. The molecule has 3 amide bonds. The van der Waals surface area contributed by atoms with Crippen molar-refractivity contribution < 1.29 is 29.0 Å². The van der Waals surface area contributed by atoms with E-state index in [4.69, 9.17) is 9.72 Å². The first-order valence-electron chi connectivity index (χ1n) is 14.2. The van der Waals surface area contributed by atoms with E-state index in [1.54, 1.807) is 22.8 Å². The Hall–Kier alpha value is -4.22. The zero-order valence-electron chi connectivity index (χ0n) is 23.4. The number of carbonyl (C=O) groups excluding carboxylic acids is 3. The van der Waals surface area contributed by atoms with Crippen molar-refractivity contribution in [3.05, 3.63) is 42.1 Å². The Bertz CT molecular complexity index is 1290. The molecule has 41 heavy (non-hydrogen) atoms. The second kappa shape index (κ2) is 12.1. The van der Waals surface area contributed by atoms with E-state index in [-0.39, 0.29) is 35.4 Å². The summed E-state index contributed by atoms with van der Waals surface area (Å²) in [4.78, 5) is 64.5. The van der Waals surface area contributed by atoms with Gasteiger partial charge in [-0.2, -0.15) is 0 Å². The molecule has 3 aliphatic rings. The molecule has 2 N–H and O–H groups in total. The molecule has 3 heterocycles. The van der Waals surface area contributed by atoms with Crippen molar-refractivity contribution in [3.63, 3.8) is 0 Å². The quantitative estimate of drug-likeness (QED) is 0.437. The van der Waals surface area contributed by atoms with Crippen LogP contribution in [0.1, 0.15) is 37.2 Å². The van der Waals surface area contributed by atoms with E-state index < -0.39 is 17.9 Å². The van der Waals surface area contributed by atoms with Gasteiger partial charge in [0.1, 0.15) is 17.6 Å². The van der Waals surface area contributed by atoms with Crippen molar-refractivity contribution in [2.24, 2.45) is 17.8 Å². The number of carboxylic acid groups (broad SMARTS) is 1. The number of carbonyl (C=O) groups is 4. The number of fused-ring (bicyclic) bond motifs is 1. The number of rotatable bonds is 9. The van der Waals surface area contributed by atoms with Crippen molar-refractivity contribution in [2.45, 2.75) is 32.7 Å². The number of hydrogen-bond donors (Lipinski definition) is 2. The third-order valence-corrected chi connectivity index (χ3v) is 8.07. The van der Waals surface area contributed by atoms with E-state index in [0.29, 0.717) is 57.5 Å². The van der Waals surface area contributed by atoms with E-state index in [1.165, 1.54) is 0 Å². The highest BCUT2D eigenvalue weighted by atomic mass is 16.6. The van der Waals surface area contributed by atoms with Crippen LogP contribution in [0, 0.1) is 17.8 Å². The SMILES string of the molecule is CCCCOC(=O)N1CCN(C(=O)[C@H](C)NC(=O)c2cc(N3C[C@@H]4[C@H](C3)[C@@H]4C(=O)O)nc(-c3ccccc3)n2)CC1. The summed E-state index contributed by atoms with van der Waals surface area (Å²) >= 11 is 0. The molecule has 4 atom stereocenters. The standard InChI is InChI=1S/C29H36N6O6/c1-3-4-14-41-29(40)34-12-10-33(11-13-34)27(37)18(2)30-26(36)22-15-23(32-25(31-22)19-8-6-5-7-9-19)35-16-20-21(17-35)24(20)28(38)39/h5-9,15,18,20-21,24H,3-4,10-14,16-17H2,1-2H3,(H,30,36)(H,38,39)/t18-,20-,21+,24-/m0/s1. The molecule has 0 spiro atoms. The Labute approximate surface area is 238 Å². The number of unbranched alkanes of at least 4 members (excludes halogenated alkanes) is 1. The number of nitrogens with zero attached hydrogens (tertiary/aromatic N) is 5. The largest absolute Gasteiger partial charge is 0.481 e. The molecule has 1 aromatic carbocycles. The zero-order chi connectivity index (χ0) is 29.1. The van der Waals surface area contributed by atoms with Crippen LogP contribution in [-0.4, -0.2) is 101 Å². The van der Waals surface area contributed by atoms with Gasteiger partial charge in [0.15, 0.2) is 5.82 Å². The maximum Gasteiger partial charge on any atom is 0.409 e. The van der Waals surface area contributed by atoms with Crippen molar-refractivity contribution >= 4 is 29.7 Å². The minimum absolute atomic E-state index is 0.0798. The highest BCUT2D eigenvalue weighted by Gasteiger charge is 2.60. The number of piperazine rings is 1. The van der Waals surface area contributed by atoms with Crippen LogP contribution in [-0.2, 0) is 14.3 Å². The molecule has 1 aromatic heterocycles. The van der Waals surface area contributed by atoms with Crippen LogP contribution >= 0.6 is 0 Å². The van der Waals surface area contributed by atoms with Crippen LogP contribution in [0.15, 0.2) is 36.4 Å². The van der Waals surface area contributed by atoms with E-state index in [0.717, 1.165) is 18.4 Å². The summed E-state index contributed by atoms with van der Waals surface area (Å²) in [5.41, 5.74) is 0.870. The summed E-state index contributed by atoms with van der Waals surface area (Å²) in [7, 11) is 0. The van der Waals surface area contributed by atoms with Crippen LogP contribution in [0.25, 0.3) is 11.4 Å². The van der Waals surface area contributed by atoms with Gasteiger partial charge >= 0.3 is 12.1 Å². The molecule has 0 unspecified atom stereocenters. The molecule has 0 bridgehead atoms. The maximum absolute atomic E-state index is 13.3. The summed E-state index contributed by atoms with van der Waals surface area (Å²) in [5.74, 6) is -0.727. The fourth-order valence-corrected chi connectivity index (χ4v) is 5.62. The molecule has 1 aliphatic carbocycles. The second-order valence-electron chi connectivity index (χ2n) is 10.9. The van der Waals surface area contributed by atoms with Crippen molar-refractivity contribution in [1.29, 1.82) is 0 Å². The van der Waals surface area contributed by atoms with Gasteiger partial charge in [-0.25, -0.2) is 14.8 Å². The van der Waals surface area contributed by atoms with Gasteiger partial charge in [-0.3, -0.25) is 14.4 Å². The number of aromatic nitrogens is 2. The summed E-state index contributed by atoms with van der Waals surface area (Å²) < 4.78 is 5.26. The number of aliphatic carboxylic acids is 1. The lowest BCUT2D eigenvalue weighted by Gasteiger charge is -2.35. The minimum Gasteiger partial charge on any atom is -0.481 e. The summed E-state index contributed by atoms with van der Waals surface area (Å²) in [6.07, 6.45) is 1.39. The van der Waals surface area contributed by atoms with Gasteiger partial charge in [-0.15, -0.1) is 0 Å². The lowest BCUT2D eigenvalue weighted by atomic mass is 10.2. The van der Waals surface area contributed by atoms with Crippen molar-refractivity contribution in [1.82, 2.24) is 25.1 Å². The van der Waals surface area contributed by atoms with E-state index in [1.807, 2.05) is 42.2 Å². The van der Waals surface area contributed by atoms with Gasteiger partial charge in [-0.05, 0) is 25.2 Å². The number of piperidine rings is 1. The number of nitrogens with one attached hydrogen (secondary N) is 1. The summed E-state index contributed by atoms with van der Waals surface area (Å²) in [5, 5.41) is 12.2. The molecular weight excluding hydrogens is 528 g/mol. The first-order valence-corrected chi connectivity index (χ1v) is 14.2. The fraction of sp³-hybridized carbons (Fsp3) is 0.517. The Balaban J connectivity index is 1.23. The molecule has 12 nitrogen and oxygen atoms in total. The molecule has 218 valence electrons. The fourth-order valence-electron chi connectivity index (χ4n) is 5.62. The van der Waals surface area contributed by atoms with Gasteiger partial charge in [-0.1, -0.05) is 43.7 Å². The van der Waals surface area contributed by atoms with Gasteiger partial charge in [0.2, 0.25) is 5.91 Å². The molecule has 2 aromatic rings. The second-order valence-corrected chi connectivity index (χ2v) is 10.9. The van der Waals surface area contributed by atoms with Crippen LogP contribution < -0.4 is 10.2 Å². The Morgan fingerprint density at radius 3 is 2.32 bits per heavy atom. The van der Waals surface area contributed by atoms with Crippen LogP contribution in [0.5, 0.6) is 0 Å². The molecular formula is C29H36N6O6. The zero-order valence-corrected chi connectivity index (χ0v) is 23.4. The highest BCUT2D eigenvalue weighted by molar-refractivity contribution is 5.97. The summed E-state index contributed by atoms with van der Waals surface area (Å²) in [6, 6.07) is 10.1. The molecule has 2 aliphatic heterocycles. The van der Waals surface area contributed by atoms with E-state index in [9.17, 15) is 24.3 Å². The topological polar surface area (TPSA) is 145 Å². The third-order valence-electron chi connectivity index (χ3n) is 8.07. The number of carboxylic acids is 1. The highest BCUT2D eigenvalue weighted by Crippen LogP contribution is 2.52.